The van der Waals surface area contributed by atoms with E-state index in [-0.39, 0.29) is 11.8 Å². The highest BCUT2D eigenvalue weighted by Crippen LogP contribution is 2.21. The molecule has 2 atom stereocenters. The zero-order valence-corrected chi connectivity index (χ0v) is 13.0. The van der Waals surface area contributed by atoms with Crippen molar-refractivity contribution in [3.63, 3.8) is 0 Å². The van der Waals surface area contributed by atoms with Crippen molar-refractivity contribution >= 4 is 17.7 Å². The van der Waals surface area contributed by atoms with Crippen LogP contribution in [-0.2, 0) is 11.3 Å². The van der Waals surface area contributed by atoms with E-state index in [1.54, 1.807) is 0 Å². The molecule has 1 aromatic rings. The lowest BCUT2D eigenvalue weighted by molar-refractivity contribution is -0.122. The Morgan fingerprint density at radius 1 is 1.50 bits per heavy atom. The van der Waals surface area contributed by atoms with Gasteiger partial charge >= 0.3 is 0 Å². The standard InChI is InChI=1S/C15H23N3OS/c1-11-9-18(7-8-20-11)10-13-3-5-14(6-4-13)12(2)15(19)17-16/h3-6,11-12H,7-10,16H2,1-2H3,(H,17,19). The molecule has 3 N–H and O–H groups in total. The van der Waals surface area contributed by atoms with Crippen molar-refractivity contribution in [1.82, 2.24) is 10.3 Å². The Morgan fingerprint density at radius 3 is 2.80 bits per heavy atom. The summed E-state index contributed by atoms with van der Waals surface area (Å²) in [5.74, 6) is 6.02. The molecule has 2 unspecified atom stereocenters. The summed E-state index contributed by atoms with van der Waals surface area (Å²) < 4.78 is 0. The first kappa shape index (κ1) is 15.4. The fourth-order valence-corrected chi connectivity index (χ4v) is 3.56. The van der Waals surface area contributed by atoms with Gasteiger partial charge in [0.05, 0.1) is 5.92 Å². The van der Waals surface area contributed by atoms with Crippen LogP contribution in [0.2, 0.25) is 0 Å². The highest BCUT2D eigenvalue weighted by Gasteiger charge is 2.17. The molecule has 1 amide bonds. The number of carbonyl (C=O) groups is 1. The predicted molar refractivity (Wildman–Crippen MR) is 84.4 cm³/mol. The van der Waals surface area contributed by atoms with E-state index in [1.165, 1.54) is 11.3 Å². The van der Waals surface area contributed by atoms with Crippen LogP contribution in [0.4, 0.5) is 0 Å². The summed E-state index contributed by atoms with van der Waals surface area (Å²) in [6.07, 6.45) is 0. The zero-order chi connectivity index (χ0) is 14.5. The van der Waals surface area contributed by atoms with Crippen LogP contribution in [0.3, 0.4) is 0 Å². The highest BCUT2D eigenvalue weighted by molar-refractivity contribution is 7.99. The minimum Gasteiger partial charge on any atom is -0.297 e. The lowest BCUT2D eigenvalue weighted by Gasteiger charge is -2.30. The number of nitrogens with one attached hydrogen (secondary N) is 1. The molecule has 20 heavy (non-hydrogen) atoms. The summed E-state index contributed by atoms with van der Waals surface area (Å²) in [4.78, 5) is 14.0. The molecule has 0 bridgehead atoms. The number of nitrogens with zero attached hydrogens (tertiary/aromatic N) is 1. The molecule has 0 saturated carbocycles. The van der Waals surface area contributed by atoms with E-state index in [9.17, 15) is 4.79 Å². The molecule has 110 valence electrons. The third kappa shape index (κ3) is 3.98. The third-order valence-corrected chi connectivity index (χ3v) is 4.88. The molecule has 1 aliphatic rings. The Hall–Kier alpha value is -1.04. The van der Waals surface area contributed by atoms with E-state index in [4.69, 9.17) is 5.84 Å². The summed E-state index contributed by atoms with van der Waals surface area (Å²) in [7, 11) is 0. The van der Waals surface area contributed by atoms with Crippen molar-refractivity contribution in [2.45, 2.75) is 31.6 Å². The van der Waals surface area contributed by atoms with Gasteiger partial charge in [0.1, 0.15) is 0 Å². The number of carbonyl (C=O) groups excluding carboxylic acids is 1. The van der Waals surface area contributed by atoms with Crippen LogP contribution in [0.25, 0.3) is 0 Å². The number of thioether (sulfide) groups is 1. The van der Waals surface area contributed by atoms with E-state index in [1.807, 2.05) is 30.8 Å². The second-order valence-corrected chi connectivity index (χ2v) is 6.93. The van der Waals surface area contributed by atoms with E-state index >= 15 is 0 Å². The van der Waals surface area contributed by atoms with Gasteiger partial charge in [0.15, 0.2) is 0 Å². The van der Waals surface area contributed by atoms with Gasteiger partial charge in [-0.3, -0.25) is 15.1 Å². The molecule has 0 aliphatic carbocycles. The van der Waals surface area contributed by atoms with Crippen molar-refractivity contribution < 1.29 is 4.79 Å². The Kier molecular flexibility index (Phi) is 5.46. The fourth-order valence-electron chi connectivity index (χ4n) is 2.48. The lowest BCUT2D eigenvalue weighted by atomic mass is 9.99. The van der Waals surface area contributed by atoms with Gasteiger partial charge in [-0.1, -0.05) is 31.2 Å². The molecule has 0 spiro atoms. The Balaban J connectivity index is 1.96. The number of nitrogens with two attached hydrogens (primary N) is 1. The van der Waals surface area contributed by atoms with Gasteiger partial charge in [0, 0.05) is 30.6 Å². The summed E-state index contributed by atoms with van der Waals surface area (Å²) in [5.41, 5.74) is 4.50. The molecule has 1 fully saturated rings. The van der Waals surface area contributed by atoms with Gasteiger partial charge in [-0.15, -0.1) is 0 Å². The average molecular weight is 293 g/mol. The molecule has 2 rings (SSSR count). The Morgan fingerprint density at radius 2 is 2.20 bits per heavy atom. The Labute approximate surface area is 125 Å². The monoisotopic (exact) mass is 293 g/mol. The van der Waals surface area contributed by atoms with Crippen LogP contribution in [0, 0.1) is 0 Å². The van der Waals surface area contributed by atoms with Gasteiger partial charge in [0.2, 0.25) is 5.91 Å². The molecule has 1 aromatic carbocycles. The fraction of sp³-hybridized carbons (Fsp3) is 0.533. The highest BCUT2D eigenvalue weighted by atomic mass is 32.2. The first-order chi connectivity index (χ1) is 9.60. The Bertz CT molecular complexity index is 449. The molecule has 4 nitrogen and oxygen atoms in total. The van der Waals surface area contributed by atoms with Gasteiger partial charge in [-0.25, -0.2) is 5.84 Å². The van der Waals surface area contributed by atoms with Crippen LogP contribution in [0.15, 0.2) is 24.3 Å². The number of amides is 1. The normalized spacial score (nSPS) is 21.4. The van der Waals surface area contributed by atoms with Gasteiger partial charge in [-0.05, 0) is 18.1 Å². The molecule has 0 aromatic heterocycles. The first-order valence-corrected chi connectivity index (χ1v) is 8.08. The largest absolute Gasteiger partial charge is 0.297 e. The first-order valence-electron chi connectivity index (χ1n) is 7.03. The van der Waals surface area contributed by atoms with Gasteiger partial charge in [-0.2, -0.15) is 11.8 Å². The topological polar surface area (TPSA) is 58.4 Å². The van der Waals surface area contributed by atoms with Gasteiger partial charge < -0.3 is 0 Å². The zero-order valence-electron chi connectivity index (χ0n) is 12.1. The second-order valence-electron chi connectivity index (χ2n) is 5.39. The van der Waals surface area contributed by atoms with E-state index in [0.29, 0.717) is 0 Å². The van der Waals surface area contributed by atoms with Crippen LogP contribution in [-0.4, -0.2) is 34.9 Å². The van der Waals surface area contributed by atoms with Crippen LogP contribution < -0.4 is 11.3 Å². The molecular formula is C15H23N3OS. The minimum atomic E-state index is -0.208. The molecule has 5 heteroatoms. The van der Waals surface area contributed by atoms with Crippen molar-refractivity contribution in [2.75, 3.05) is 18.8 Å². The third-order valence-electron chi connectivity index (χ3n) is 3.75. The van der Waals surface area contributed by atoms with Crippen LogP contribution in [0.1, 0.15) is 30.9 Å². The van der Waals surface area contributed by atoms with Crippen LogP contribution in [0.5, 0.6) is 0 Å². The SMILES string of the molecule is CC1CN(Cc2ccc(C(C)C(=O)NN)cc2)CCS1. The quantitative estimate of drug-likeness (QED) is 0.504. The smallest absolute Gasteiger partial charge is 0.241 e. The summed E-state index contributed by atoms with van der Waals surface area (Å²) in [6.45, 7) is 7.44. The second kappa shape index (κ2) is 7.11. The van der Waals surface area contributed by atoms with Gasteiger partial charge in [0.25, 0.3) is 0 Å². The number of hydrazine groups is 1. The lowest BCUT2D eigenvalue weighted by Crippen LogP contribution is -2.36. The predicted octanol–water partition coefficient (Wildman–Crippen LogP) is 1.72. The molecular weight excluding hydrogens is 270 g/mol. The molecule has 1 heterocycles. The molecule has 0 radical (unpaired) electrons. The summed E-state index contributed by atoms with van der Waals surface area (Å²) >= 11 is 2.05. The minimum absolute atomic E-state index is 0.153. The molecule has 1 aliphatic heterocycles. The number of hydrogen-bond acceptors (Lipinski definition) is 4. The maximum atomic E-state index is 11.5. The number of benzene rings is 1. The van der Waals surface area contributed by atoms with E-state index < -0.39 is 0 Å². The van der Waals surface area contributed by atoms with E-state index in [0.717, 1.165) is 30.4 Å². The van der Waals surface area contributed by atoms with Crippen molar-refractivity contribution in [3.8, 4) is 0 Å². The number of rotatable bonds is 4. The average Bonchev–Trinajstić information content (AvgIpc) is 2.46. The summed E-state index contributed by atoms with van der Waals surface area (Å²) in [5, 5.41) is 0.719. The van der Waals surface area contributed by atoms with Crippen molar-refractivity contribution in [1.29, 1.82) is 0 Å². The maximum absolute atomic E-state index is 11.5. The van der Waals surface area contributed by atoms with Crippen LogP contribution >= 0.6 is 11.8 Å². The molecule has 1 saturated heterocycles. The van der Waals surface area contributed by atoms with Crippen molar-refractivity contribution in [3.05, 3.63) is 35.4 Å². The summed E-state index contributed by atoms with van der Waals surface area (Å²) in [6, 6.07) is 8.28. The van der Waals surface area contributed by atoms with Crippen molar-refractivity contribution in [2.24, 2.45) is 5.84 Å². The van der Waals surface area contributed by atoms with E-state index in [2.05, 4.69) is 29.4 Å². The number of hydrogen-bond donors (Lipinski definition) is 2. The maximum Gasteiger partial charge on any atom is 0.241 e.